The summed E-state index contributed by atoms with van der Waals surface area (Å²) >= 11 is 0. The first-order chi connectivity index (χ1) is 11.5. The highest BCUT2D eigenvalue weighted by molar-refractivity contribution is 6.12. The van der Waals surface area contributed by atoms with E-state index in [1.54, 1.807) is 37.3 Å². The quantitative estimate of drug-likeness (QED) is 0.676. The number of nitrogens with one attached hydrogen (secondary N) is 1. The van der Waals surface area contributed by atoms with Crippen LogP contribution >= 0.6 is 0 Å². The molecule has 1 atom stereocenters. The molecule has 0 saturated carbocycles. The molecule has 0 aliphatic carbocycles. The maximum absolute atomic E-state index is 13.8. The minimum absolute atomic E-state index is 0.00889. The molecule has 1 unspecified atom stereocenters. The van der Waals surface area contributed by atoms with Crippen LogP contribution in [0.5, 0.6) is 0 Å². The maximum Gasteiger partial charge on any atom is 0.330 e. The van der Waals surface area contributed by atoms with Gasteiger partial charge in [0.1, 0.15) is 0 Å². The lowest BCUT2D eigenvalue weighted by Gasteiger charge is -2.30. The third-order valence-electron chi connectivity index (χ3n) is 3.71. The Bertz CT molecular complexity index is 749. The fraction of sp³-hybridized carbons (Fsp3) is 0.222. The van der Waals surface area contributed by atoms with Gasteiger partial charge in [0.2, 0.25) is 5.91 Å². The number of benzene rings is 2. The summed E-state index contributed by atoms with van der Waals surface area (Å²) in [4.78, 5) is 25.5. The molecule has 0 bridgehead atoms. The number of esters is 1. The van der Waals surface area contributed by atoms with Gasteiger partial charge in [-0.3, -0.25) is 9.59 Å². The van der Waals surface area contributed by atoms with Crippen molar-refractivity contribution in [3.8, 4) is 0 Å². The lowest BCUT2D eigenvalue weighted by Crippen LogP contribution is -2.51. The van der Waals surface area contributed by atoms with Gasteiger partial charge in [-0.05, 0) is 30.2 Å². The number of ether oxygens (including phenoxy) is 1. The number of amides is 1. The van der Waals surface area contributed by atoms with E-state index in [4.69, 9.17) is 4.74 Å². The van der Waals surface area contributed by atoms with Crippen LogP contribution in [0.2, 0.25) is 0 Å². The van der Waals surface area contributed by atoms with Gasteiger partial charge in [0, 0.05) is 7.05 Å². The summed E-state index contributed by atoms with van der Waals surface area (Å²) in [6.45, 7) is 1.64. The lowest BCUT2D eigenvalue weighted by atomic mass is 9.73. The first-order valence-corrected chi connectivity index (χ1v) is 7.38. The fourth-order valence-electron chi connectivity index (χ4n) is 2.60. The summed E-state index contributed by atoms with van der Waals surface area (Å²) in [5.74, 6) is -3.78. The largest absolute Gasteiger partial charge is 0.465 e. The number of carbonyl (C=O) groups excluding carboxylic acids is 2. The average Bonchev–Trinajstić information content (AvgIpc) is 2.59. The molecule has 0 radical (unpaired) electrons. The van der Waals surface area contributed by atoms with Crippen LogP contribution in [0.15, 0.2) is 48.5 Å². The second-order valence-electron chi connectivity index (χ2n) is 5.04. The zero-order valence-corrected chi connectivity index (χ0v) is 13.3. The van der Waals surface area contributed by atoms with E-state index in [-0.39, 0.29) is 12.2 Å². The van der Waals surface area contributed by atoms with Crippen molar-refractivity contribution in [3.05, 3.63) is 71.3 Å². The summed E-state index contributed by atoms with van der Waals surface area (Å²) in [5.41, 5.74) is -1.64. The molecule has 0 aliphatic heterocycles. The molecule has 0 aliphatic rings. The number of hydrogen-bond acceptors (Lipinski definition) is 3. The molecule has 2 rings (SSSR count). The van der Waals surface area contributed by atoms with E-state index in [2.05, 4.69) is 5.32 Å². The Labute approximate surface area is 138 Å². The highest BCUT2D eigenvalue weighted by Gasteiger charge is 2.50. The van der Waals surface area contributed by atoms with Crippen molar-refractivity contribution < 1.29 is 23.1 Å². The molecule has 24 heavy (non-hydrogen) atoms. The van der Waals surface area contributed by atoms with Crippen LogP contribution in [0, 0.1) is 11.6 Å². The van der Waals surface area contributed by atoms with E-state index in [0.29, 0.717) is 5.56 Å². The molecule has 2 aromatic carbocycles. The Morgan fingerprint density at radius 2 is 1.71 bits per heavy atom. The molecule has 1 amide bonds. The fourth-order valence-corrected chi connectivity index (χ4v) is 2.60. The highest BCUT2D eigenvalue weighted by atomic mass is 19.2. The Morgan fingerprint density at radius 3 is 2.25 bits per heavy atom. The molecule has 4 nitrogen and oxygen atoms in total. The molecular weight excluding hydrogens is 316 g/mol. The Hall–Kier alpha value is -2.76. The van der Waals surface area contributed by atoms with Gasteiger partial charge in [-0.25, -0.2) is 8.78 Å². The van der Waals surface area contributed by atoms with Gasteiger partial charge in [0.15, 0.2) is 17.0 Å². The van der Waals surface area contributed by atoms with Crippen LogP contribution in [0.4, 0.5) is 8.78 Å². The Kier molecular flexibility index (Phi) is 5.28. The Morgan fingerprint density at radius 1 is 1.04 bits per heavy atom. The third-order valence-corrected chi connectivity index (χ3v) is 3.71. The second kappa shape index (κ2) is 7.21. The molecular formula is C18H17F2NO3. The average molecular weight is 333 g/mol. The molecule has 1 N–H and O–H groups in total. The summed E-state index contributed by atoms with van der Waals surface area (Å²) < 4.78 is 32.2. The first-order valence-electron chi connectivity index (χ1n) is 7.38. The van der Waals surface area contributed by atoms with Crippen LogP contribution in [0.1, 0.15) is 18.1 Å². The maximum atomic E-state index is 13.8. The standard InChI is InChI=1S/C18H17F2NO3/c1-3-24-17(23)18(16(22)21-2,12-7-5-4-6-8-12)13-9-10-14(19)15(20)11-13/h4-11H,3H2,1-2H3,(H,21,22). The third kappa shape index (κ3) is 2.87. The second-order valence-corrected chi connectivity index (χ2v) is 5.04. The smallest absolute Gasteiger partial charge is 0.330 e. The van der Waals surface area contributed by atoms with Gasteiger partial charge in [-0.2, -0.15) is 0 Å². The van der Waals surface area contributed by atoms with Crippen LogP contribution < -0.4 is 5.32 Å². The predicted octanol–water partition coefficient (Wildman–Crippen LogP) is 2.56. The van der Waals surface area contributed by atoms with E-state index >= 15 is 0 Å². The van der Waals surface area contributed by atoms with Crippen molar-refractivity contribution in [2.75, 3.05) is 13.7 Å². The number of likely N-dealkylation sites (N-methyl/N-ethyl adjacent to an activating group) is 1. The van der Waals surface area contributed by atoms with E-state index in [1.807, 2.05) is 0 Å². The first kappa shape index (κ1) is 17.6. The van der Waals surface area contributed by atoms with Crippen LogP contribution in [-0.2, 0) is 19.7 Å². The molecule has 2 aromatic rings. The molecule has 0 fully saturated rings. The van der Waals surface area contributed by atoms with Crippen molar-refractivity contribution in [3.63, 3.8) is 0 Å². The number of halogens is 2. The van der Waals surface area contributed by atoms with Crippen LogP contribution in [-0.4, -0.2) is 25.5 Å². The zero-order chi connectivity index (χ0) is 17.7. The minimum Gasteiger partial charge on any atom is -0.465 e. The zero-order valence-electron chi connectivity index (χ0n) is 13.3. The van der Waals surface area contributed by atoms with Gasteiger partial charge >= 0.3 is 5.97 Å². The van der Waals surface area contributed by atoms with Gasteiger partial charge in [0.25, 0.3) is 0 Å². The van der Waals surface area contributed by atoms with Crippen molar-refractivity contribution in [1.82, 2.24) is 5.32 Å². The van der Waals surface area contributed by atoms with Crippen molar-refractivity contribution >= 4 is 11.9 Å². The molecule has 0 spiro atoms. The van der Waals surface area contributed by atoms with Gasteiger partial charge in [-0.15, -0.1) is 0 Å². The normalized spacial score (nSPS) is 13.0. The monoisotopic (exact) mass is 333 g/mol. The number of carbonyl (C=O) groups is 2. The minimum atomic E-state index is -1.93. The van der Waals surface area contributed by atoms with Crippen LogP contribution in [0.3, 0.4) is 0 Å². The molecule has 0 heterocycles. The molecule has 126 valence electrons. The predicted molar refractivity (Wildman–Crippen MR) is 84.3 cm³/mol. The van der Waals surface area contributed by atoms with Gasteiger partial charge in [-0.1, -0.05) is 36.4 Å². The molecule has 0 aromatic heterocycles. The summed E-state index contributed by atoms with van der Waals surface area (Å²) in [5, 5.41) is 2.42. The van der Waals surface area contributed by atoms with Crippen molar-refractivity contribution in [2.24, 2.45) is 0 Å². The Balaban J connectivity index is 2.81. The summed E-state index contributed by atoms with van der Waals surface area (Å²) in [7, 11) is 1.36. The van der Waals surface area contributed by atoms with E-state index in [0.717, 1.165) is 12.1 Å². The summed E-state index contributed by atoms with van der Waals surface area (Å²) in [6, 6.07) is 11.1. The topological polar surface area (TPSA) is 55.4 Å². The highest BCUT2D eigenvalue weighted by Crippen LogP contribution is 2.35. The molecule has 6 heteroatoms. The van der Waals surface area contributed by atoms with Crippen molar-refractivity contribution in [1.29, 1.82) is 0 Å². The van der Waals surface area contributed by atoms with E-state index < -0.39 is 28.9 Å². The van der Waals surface area contributed by atoms with Gasteiger partial charge in [0.05, 0.1) is 6.61 Å². The summed E-state index contributed by atoms with van der Waals surface area (Å²) in [6.07, 6.45) is 0. The van der Waals surface area contributed by atoms with Crippen LogP contribution in [0.25, 0.3) is 0 Å². The lowest BCUT2D eigenvalue weighted by molar-refractivity contribution is -0.152. The molecule has 0 saturated heterocycles. The SMILES string of the molecule is CCOC(=O)C(C(=O)NC)(c1ccccc1)c1ccc(F)c(F)c1. The number of hydrogen-bond donors (Lipinski definition) is 1. The van der Waals surface area contributed by atoms with E-state index in [9.17, 15) is 18.4 Å². The van der Waals surface area contributed by atoms with E-state index in [1.165, 1.54) is 13.1 Å². The number of rotatable bonds is 5. The van der Waals surface area contributed by atoms with Crippen molar-refractivity contribution in [2.45, 2.75) is 12.3 Å². The van der Waals surface area contributed by atoms with Gasteiger partial charge < -0.3 is 10.1 Å².